The van der Waals surface area contributed by atoms with Gasteiger partial charge in [0, 0.05) is 6.07 Å². The summed E-state index contributed by atoms with van der Waals surface area (Å²) in [6.45, 7) is 0. The monoisotopic (exact) mass is 291 g/mol. The standard InChI is InChI=1S/C9H4Cl3N3O2/c10-4-1-2-6(11)13-8(4)15-5(9(16)17)3-7(12)14-15/h1-3H,(H,16,17). The second kappa shape index (κ2) is 4.52. The van der Waals surface area contributed by atoms with E-state index in [1.165, 1.54) is 18.2 Å². The largest absolute Gasteiger partial charge is 0.477 e. The van der Waals surface area contributed by atoms with Crippen LogP contribution >= 0.6 is 34.8 Å². The number of carboxylic acids is 1. The molecular formula is C9H4Cl3N3O2. The zero-order valence-electron chi connectivity index (χ0n) is 8.06. The lowest BCUT2D eigenvalue weighted by Crippen LogP contribution is -2.09. The summed E-state index contributed by atoms with van der Waals surface area (Å²) in [6, 6.07) is 4.18. The minimum atomic E-state index is -1.19. The summed E-state index contributed by atoms with van der Waals surface area (Å²) in [7, 11) is 0. The van der Waals surface area contributed by atoms with Crippen LogP contribution in [-0.4, -0.2) is 25.8 Å². The second-order valence-electron chi connectivity index (χ2n) is 3.01. The summed E-state index contributed by atoms with van der Waals surface area (Å²) in [5, 5.41) is 13.2. The smallest absolute Gasteiger partial charge is 0.354 e. The molecular weight excluding hydrogens is 288 g/mol. The minimum Gasteiger partial charge on any atom is -0.477 e. The van der Waals surface area contributed by atoms with Crippen molar-refractivity contribution < 1.29 is 9.90 Å². The maximum atomic E-state index is 11.0. The molecule has 5 nitrogen and oxygen atoms in total. The fraction of sp³-hybridized carbons (Fsp3) is 0. The van der Waals surface area contributed by atoms with Gasteiger partial charge in [-0.05, 0) is 12.1 Å². The lowest BCUT2D eigenvalue weighted by atomic mass is 10.4. The number of rotatable bonds is 2. The lowest BCUT2D eigenvalue weighted by molar-refractivity contribution is 0.0687. The molecule has 2 aromatic heterocycles. The highest BCUT2D eigenvalue weighted by Gasteiger charge is 2.18. The van der Waals surface area contributed by atoms with Crippen molar-refractivity contribution in [3.05, 3.63) is 39.2 Å². The zero-order valence-corrected chi connectivity index (χ0v) is 10.3. The Balaban J connectivity index is 2.67. The predicted octanol–water partition coefficient (Wildman–Crippen LogP) is 2.93. The van der Waals surface area contributed by atoms with Gasteiger partial charge in [0.25, 0.3) is 0 Å². The Morgan fingerprint density at radius 2 is 1.94 bits per heavy atom. The first kappa shape index (κ1) is 12.2. The van der Waals surface area contributed by atoms with Gasteiger partial charge in [-0.2, -0.15) is 5.10 Å². The lowest BCUT2D eigenvalue weighted by Gasteiger charge is -2.05. The molecule has 0 spiro atoms. The number of hydrogen-bond donors (Lipinski definition) is 1. The van der Waals surface area contributed by atoms with Crippen LogP contribution in [-0.2, 0) is 0 Å². The number of halogens is 3. The van der Waals surface area contributed by atoms with E-state index in [0.717, 1.165) is 4.68 Å². The van der Waals surface area contributed by atoms with Crippen LogP contribution in [0.1, 0.15) is 10.5 Å². The highest BCUT2D eigenvalue weighted by atomic mass is 35.5. The van der Waals surface area contributed by atoms with Crippen molar-refractivity contribution in [2.75, 3.05) is 0 Å². The fourth-order valence-corrected chi connectivity index (χ4v) is 1.73. The number of carboxylic acid groups (broad SMARTS) is 1. The molecule has 0 bridgehead atoms. The number of hydrogen-bond acceptors (Lipinski definition) is 3. The van der Waals surface area contributed by atoms with E-state index in [0.29, 0.717) is 0 Å². The maximum absolute atomic E-state index is 11.0. The molecule has 0 amide bonds. The van der Waals surface area contributed by atoms with Crippen LogP contribution < -0.4 is 0 Å². The van der Waals surface area contributed by atoms with E-state index in [1.54, 1.807) is 0 Å². The average molecular weight is 293 g/mol. The number of nitrogens with zero attached hydrogens (tertiary/aromatic N) is 3. The van der Waals surface area contributed by atoms with Crippen molar-refractivity contribution >= 4 is 40.8 Å². The summed E-state index contributed by atoms with van der Waals surface area (Å²) in [5.74, 6) is -1.08. The maximum Gasteiger partial charge on any atom is 0.354 e. The molecule has 2 aromatic rings. The third kappa shape index (κ3) is 2.36. The Bertz CT molecular complexity index is 597. The van der Waals surface area contributed by atoms with Gasteiger partial charge in [0.1, 0.15) is 5.15 Å². The van der Waals surface area contributed by atoms with Crippen LogP contribution in [0.2, 0.25) is 15.3 Å². The Hall–Kier alpha value is -1.30. The highest BCUT2D eigenvalue weighted by Crippen LogP contribution is 2.23. The van der Waals surface area contributed by atoms with Gasteiger partial charge in [0.05, 0.1) is 5.02 Å². The zero-order chi connectivity index (χ0) is 12.6. The first-order valence-electron chi connectivity index (χ1n) is 4.30. The molecule has 0 radical (unpaired) electrons. The van der Waals surface area contributed by atoms with E-state index in [9.17, 15) is 4.79 Å². The minimum absolute atomic E-state index is 0.0280. The molecule has 88 valence electrons. The van der Waals surface area contributed by atoms with Crippen molar-refractivity contribution in [2.24, 2.45) is 0 Å². The summed E-state index contributed by atoms with van der Waals surface area (Å²) >= 11 is 17.3. The van der Waals surface area contributed by atoms with Gasteiger partial charge in [-0.3, -0.25) is 0 Å². The molecule has 0 aliphatic rings. The molecule has 17 heavy (non-hydrogen) atoms. The molecule has 0 unspecified atom stereocenters. The third-order valence-electron chi connectivity index (χ3n) is 1.89. The molecule has 0 aromatic carbocycles. The Morgan fingerprint density at radius 1 is 1.24 bits per heavy atom. The van der Waals surface area contributed by atoms with E-state index in [2.05, 4.69) is 10.1 Å². The highest BCUT2D eigenvalue weighted by molar-refractivity contribution is 6.33. The molecule has 0 saturated heterocycles. The molecule has 0 saturated carbocycles. The van der Waals surface area contributed by atoms with Gasteiger partial charge in [-0.15, -0.1) is 0 Å². The molecule has 0 aliphatic carbocycles. The van der Waals surface area contributed by atoms with Crippen LogP contribution in [0.15, 0.2) is 18.2 Å². The third-order valence-corrected chi connectivity index (χ3v) is 2.58. The number of pyridine rings is 1. The van der Waals surface area contributed by atoms with Crippen molar-refractivity contribution in [3.8, 4) is 5.82 Å². The summed E-state index contributed by atoms with van der Waals surface area (Å²) in [5.41, 5.74) is -0.147. The van der Waals surface area contributed by atoms with Crippen LogP contribution in [0.4, 0.5) is 0 Å². The van der Waals surface area contributed by atoms with Gasteiger partial charge < -0.3 is 5.11 Å². The van der Waals surface area contributed by atoms with E-state index in [4.69, 9.17) is 39.9 Å². The van der Waals surface area contributed by atoms with E-state index >= 15 is 0 Å². The van der Waals surface area contributed by atoms with Gasteiger partial charge in [0.15, 0.2) is 16.7 Å². The van der Waals surface area contributed by atoms with Gasteiger partial charge in [0.2, 0.25) is 0 Å². The molecule has 0 aliphatic heterocycles. The van der Waals surface area contributed by atoms with E-state index < -0.39 is 5.97 Å². The number of aromatic nitrogens is 3. The van der Waals surface area contributed by atoms with Crippen molar-refractivity contribution in [2.45, 2.75) is 0 Å². The topological polar surface area (TPSA) is 68.0 Å². The fourth-order valence-electron chi connectivity index (χ4n) is 1.22. The second-order valence-corrected chi connectivity index (χ2v) is 4.19. The van der Waals surface area contributed by atoms with Crippen molar-refractivity contribution in [1.82, 2.24) is 14.8 Å². The van der Waals surface area contributed by atoms with Crippen LogP contribution in [0.3, 0.4) is 0 Å². The Morgan fingerprint density at radius 3 is 2.59 bits per heavy atom. The molecule has 8 heteroatoms. The van der Waals surface area contributed by atoms with Crippen LogP contribution in [0.25, 0.3) is 5.82 Å². The van der Waals surface area contributed by atoms with Crippen LogP contribution in [0.5, 0.6) is 0 Å². The van der Waals surface area contributed by atoms with E-state index in [-0.39, 0.29) is 26.8 Å². The van der Waals surface area contributed by atoms with Crippen molar-refractivity contribution in [1.29, 1.82) is 0 Å². The van der Waals surface area contributed by atoms with Gasteiger partial charge in [-0.25, -0.2) is 14.5 Å². The molecule has 2 rings (SSSR count). The number of aromatic carboxylic acids is 1. The average Bonchev–Trinajstić information content (AvgIpc) is 2.64. The SMILES string of the molecule is O=C(O)c1cc(Cl)nn1-c1nc(Cl)ccc1Cl. The van der Waals surface area contributed by atoms with Crippen LogP contribution in [0, 0.1) is 0 Å². The Labute approximate surface area is 111 Å². The summed E-state index contributed by atoms with van der Waals surface area (Å²) < 4.78 is 1.03. The number of carbonyl (C=O) groups is 1. The summed E-state index contributed by atoms with van der Waals surface area (Å²) in [4.78, 5) is 14.9. The Kier molecular flexibility index (Phi) is 3.24. The first-order valence-corrected chi connectivity index (χ1v) is 5.43. The van der Waals surface area contributed by atoms with Crippen molar-refractivity contribution in [3.63, 3.8) is 0 Å². The molecule has 1 N–H and O–H groups in total. The molecule has 2 heterocycles. The van der Waals surface area contributed by atoms with E-state index in [1.807, 2.05) is 0 Å². The quantitative estimate of drug-likeness (QED) is 0.864. The molecule has 0 atom stereocenters. The normalized spacial score (nSPS) is 10.5. The van der Waals surface area contributed by atoms with Gasteiger partial charge in [-0.1, -0.05) is 34.8 Å². The first-order chi connectivity index (χ1) is 7.99. The molecule has 0 fully saturated rings. The van der Waals surface area contributed by atoms with Gasteiger partial charge >= 0.3 is 5.97 Å². The summed E-state index contributed by atoms with van der Waals surface area (Å²) in [6.07, 6.45) is 0. The predicted molar refractivity (Wildman–Crippen MR) is 63.3 cm³/mol.